The van der Waals surface area contributed by atoms with Gasteiger partial charge in [0.25, 0.3) is 5.56 Å². The van der Waals surface area contributed by atoms with E-state index in [2.05, 4.69) is 0 Å². The first-order valence-corrected chi connectivity index (χ1v) is 4.99. The molecule has 1 heterocycles. The summed E-state index contributed by atoms with van der Waals surface area (Å²) in [5.41, 5.74) is -0.706. The fraction of sp³-hybridized carbons (Fsp3) is 0.600. The number of rotatable bonds is 5. The summed E-state index contributed by atoms with van der Waals surface area (Å²) >= 11 is 0. The van der Waals surface area contributed by atoms with E-state index in [-0.39, 0.29) is 17.8 Å². The van der Waals surface area contributed by atoms with Crippen LogP contribution < -0.4 is 11.2 Å². The molecule has 6 nitrogen and oxygen atoms in total. The topological polar surface area (TPSA) is 62.5 Å². The Balaban J connectivity index is 3.12. The quantitative estimate of drug-likeness (QED) is 0.646. The zero-order valence-electron chi connectivity index (χ0n) is 9.67. The molecule has 0 aliphatic carbocycles. The van der Waals surface area contributed by atoms with Crippen LogP contribution in [0.15, 0.2) is 21.9 Å². The average molecular weight is 228 g/mol. The molecule has 16 heavy (non-hydrogen) atoms. The molecule has 0 aliphatic rings. The highest BCUT2D eigenvalue weighted by Gasteiger charge is 2.11. The molecule has 0 radical (unpaired) electrons. The molecule has 0 spiro atoms. The maximum Gasteiger partial charge on any atom is 0.331 e. The van der Waals surface area contributed by atoms with E-state index in [1.807, 2.05) is 6.92 Å². The highest BCUT2D eigenvalue weighted by molar-refractivity contribution is 4.86. The van der Waals surface area contributed by atoms with Crippen molar-refractivity contribution in [2.45, 2.75) is 26.3 Å². The number of ether oxygens (including phenoxy) is 2. The van der Waals surface area contributed by atoms with Crippen LogP contribution >= 0.6 is 0 Å². The van der Waals surface area contributed by atoms with Crippen molar-refractivity contribution in [3.8, 4) is 0 Å². The van der Waals surface area contributed by atoms with Gasteiger partial charge in [-0.05, 0) is 6.92 Å². The molecule has 1 aromatic rings. The molecule has 1 aromatic heterocycles. The molecule has 0 aliphatic heterocycles. The smallest absolute Gasteiger partial charge is 0.331 e. The maximum absolute atomic E-state index is 11.8. The van der Waals surface area contributed by atoms with Gasteiger partial charge >= 0.3 is 5.69 Å². The number of methoxy groups -OCH3 is 2. The molecule has 0 fully saturated rings. The van der Waals surface area contributed by atoms with Gasteiger partial charge in [0.1, 0.15) is 0 Å². The summed E-state index contributed by atoms with van der Waals surface area (Å²) in [5, 5.41) is 0. The fourth-order valence-corrected chi connectivity index (χ4v) is 1.36. The van der Waals surface area contributed by atoms with E-state index in [0.29, 0.717) is 6.54 Å². The van der Waals surface area contributed by atoms with Gasteiger partial charge in [0.15, 0.2) is 6.29 Å². The van der Waals surface area contributed by atoms with E-state index >= 15 is 0 Å². The lowest BCUT2D eigenvalue weighted by molar-refractivity contribution is -0.112. The van der Waals surface area contributed by atoms with Gasteiger partial charge in [-0.2, -0.15) is 0 Å². The second kappa shape index (κ2) is 5.62. The Labute approximate surface area is 93.0 Å². The van der Waals surface area contributed by atoms with Crippen molar-refractivity contribution in [2.75, 3.05) is 14.2 Å². The number of nitrogens with zero attached hydrogens (tertiary/aromatic N) is 2. The van der Waals surface area contributed by atoms with Gasteiger partial charge in [-0.3, -0.25) is 9.36 Å². The fourth-order valence-electron chi connectivity index (χ4n) is 1.36. The van der Waals surface area contributed by atoms with Crippen LogP contribution in [-0.2, 0) is 22.6 Å². The van der Waals surface area contributed by atoms with Gasteiger partial charge in [-0.1, -0.05) is 0 Å². The lowest BCUT2D eigenvalue weighted by atomic mass is 10.5. The number of hydrogen-bond donors (Lipinski definition) is 0. The SMILES string of the molecule is CCn1ccc(=O)n(CC(OC)OC)c1=O. The summed E-state index contributed by atoms with van der Waals surface area (Å²) in [4.78, 5) is 23.3. The van der Waals surface area contributed by atoms with Crippen LogP contribution in [0.4, 0.5) is 0 Å². The Morgan fingerprint density at radius 2 is 1.94 bits per heavy atom. The van der Waals surface area contributed by atoms with Crippen molar-refractivity contribution < 1.29 is 9.47 Å². The van der Waals surface area contributed by atoms with Crippen LogP contribution in [0.5, 0.6) is 0 Å². The van der Waals surface area contributed by atoms with Crippen molar-refractivity contribution in [3.63, 3.8) is 0 Å². The Hall–Kier alpha value is -1.40. The Bertz CT molecular complexity index is 445. The second-order valence-electron chi connectivity index (χ2n) is 3.23. The van der Waals surface area contributed by atoms with Crippen LogP contribution in [-0.4, -0.2) is 29.6 Å². The summed E-state index contributed by atoms with van der Waals surface area (Å²) in [6.45, 7) is 2.44. The Morgan fingerprint density at radius 3 is 2.44 bits per heavy atom. The van der Waals surface area contributed by atoms with E-state index in [0.717, 1.165) is 4.57 Å². The summed E-state index contributed by atoms with van der Waals surface area (Å²) in [5.74, 6) is 0. The van der Waals surface area contributed by atoms with E-state index in [1.165, 1.54) is 31.0 Å². The monoisotopic (exact) mass is 228 g/mol. The van der Waals surface area contributed by atoms with Crippen molar-refractivity contribution >= 4 is 0 Å². The maximum atomic E-state index is 11.8. The number of hydrogen-bond acceptors (Lipinski definition) is 4. The van der Waals surface area contributed by atoms with Gasteiger partial charge < -0.3 is 14.0 Å². The standard InChI is InChI=1S/C10H16N2O4/c1-4-11-6-5-8(13)12(10(11)14)7-9(15-2)16-3/h5-6,9H,4,7H2,1-3H3. The van der Waals surface area contributed by atoms with E-state index in [4.69, 9.17) is 9.47 Å². The van der Waals surface area contributed by atoms with Gasteiger partial charge in [0, 0.05) is 33.0 Å². The number of aromatic nitrogens is 2. The van der Waals surface area contributed by atoms with Gasteiger partial charge in [-0.15, -0.1) is 0 Å². The van der Waals surface area contributed by atoms with E-state index in [9.17, 15) is 9.59 Å². The average Bonchev–Trinajstić information content (AvgIpc) is 2.30. The predicted molar refractivity (Wildman–Crippen MR) is 58.4 cm³/mol. The Kier molecular flexibility index (Phi) is 4.45. The highest BCUT2D eigenvalue weighted by Crippen LogP contribution is 1.92. The molecule has 90 valence electrons. The first kappa shape index (κ1) is 12.7. The van der Waals surface area contributed by atoms with E-state index in [1.54, 1.807) is 0 Å². The highest BCUT2D eigenvalue weighted by atomic mass is 16.7. The van der Waals surface area contributed by atoms with Gasteiger partial charge in [0.05, 0.1) is 6.54 Å². The zero-order chi connectivity index (χ0) is 12.1. The van der Waals surface area contributed by atoms with E-state index < -0.39 is 6.29 Å². The summed E-state index contributed by atoms with van der Waals surface area (Å²) in [6, 6.07) is 1.35. The molecule has 0 N–H and O–H groups in total. The minimum absolute atomic E-state index is 0.0888. The third-order valence-electron chi connectivity index (χ3n) is 2.34. The molecular weight excluding hydrogens is 212 g/mol. The second-order valence-corrected chi connectivity index (χ2v) is 3.23. The molecule has 1 rings (SSSR count). The predicted octanol–water partition coefficient (Wildman–Crippen LogP) is -0.351. The Morgan fingerprint density at radius 1 is 1.31 bits per heavy atom. The molecule has 6 heteroatoms. The van der Waals surface area contributed by atoms with Crippen molar-refractivity contribution in [2.24, 2.45) is 0 Å². The van der Waals surface area contributed by atoms with Gasteiger partial charge in [0.2, 0.25) is 0 Å². The molecule has 0 saturated heterocycles. The summed E-state index contributed by atoms with van der Waals surface area (Å²) in [6.07, 6.45) is 0.883. The molecule has 0 unspecified atom stereocenters. The zero-order valence-corrected chi connectivity index (χ0v) is 9.67. The lowest BCUT2D eigenvalue weighted by Crippen LogP contribution is -2.42. The molecule has 0 aromatic carbocycles. The molecule has 0 saturated carbocycles. The van der Waals surface area contributed by atoms with Crippen LogP contribution in [0.2, 0.25) is 0 Å². The summed E-state index contributed by atoms with van der Waals surface area (Å²) < 4.78 is 12.5. The summed E-state index contributed by atoms with van der Waals surface area (Å²) in [7, 11) is 2.92. The molecular formula is C10H16N2O4. The third kappa shape index (κ3) is 2.59. The lowest BCUT2D eigenvalue weighted by Gasteiger charge is -2.15. The minimum atomic E-state index is -0.599. The van der Waals surface area contributed by atoms with Crippen LogP contribution in [0.3, 0.4) is 0 Å². The van der Waals surface area contributed by atoms with Crippen molar-refractivity contribution in [3.05, 3.63) is 33.1 Å². The largest absolute Gasteiger partial charge is 0.354 e. The van der Waals surface area contributed by atoms with Crippen molar-refractivity contribution in [1.82, 2.24) is 9.13 Å². The number of aryl methyl sites for hydroxylation is 1. The first-order valence-electron chi connectivity index (χ1n) is 4.99. The van der Waals surface area contributed by atoms with Crippen molar-refractivity contribution in [1.29, 1.82) is 0 Å². The van der Waals surface area contributed by atoms with Crippen LogP contribution in [0.25, 0.3) is 0 Å². The van der Waals surface area contributed by atoms with Gasteiger partial charge in [-0.25, -0.2) is 4.79 Å². The van der Waals surface area contributed by atoms with Crippen LogP contribution in [0, 0.1) is 0 Å². The molecule has 0 amide bonds. The third-order valence-corrected chi connectivity index (χ3v) is 2.34. The van der Waals surface area contributed by atoms with Crippen LogP contribution in [0.1, 0.15) is 6.92 Å². The normalized spacial score (nSPS) is 11.0. The minimum Gasteiger partial charge on any atom is -0.354 e. The first-order chi connectivity index (χ1) is 7.63. The molecule has 0 atom stereocenters. The molecule has 0 bridgehead atoms.